The molecule has 298 valence electrons. The molecule has 0 saturated heterocycles. The van der Waals surface area contributed by atoms with E-state index in [0.29, 0.717) is 30.8 Å². The molecule has 6 N–H and O–H groups in total. The minimum absolute atomic E-state index is 0.0605. The molecule has 0 aromatic carbocycles. The molecular formula is C38H69N7O7. The second-order valence-electron chi connectivity index (χ2n) is 15.2. The predicted octanol–water partition coefficient (Wildman–Crippen LogP) is 2.56. The number of nitrogens with two attached hydrogens (primary N) is 1. The zero-order valence-corrected chi connectivity index (χ0v) is 33.2. The lowest BCUT2D eigenvalue weighted by Gasteiger charge is -2.35. The van der Waals surface area contributed by atoms with Gasteiger partial charge >= 0.3 is 0 Å². The van der Waals surface area contributed by atoms with E-state index in [0.717, 1.165) is 70.8 Å². The van der Waals surface area contributed by atoms with Crippen molar-refractivity contribution >= 4 is 29.5 Å². The van der Waals surface area contributed by atoms with Crippen LogP contribution in [-0.4, -0.2) is 117 Å². The van der Waals surface area contributed by atoms with Gasteiger partial charge in [-0.1, -0.05) is 59.3 Å². The van der Waals surface area contributed by atoms with Gasteiger partial charge in [-0.2, -0.15) is 0 Å². The van der Waals surface area contributed by atoms with Crippen LogP contribution in [0.25, 0.3) is 0 Å². The van der Waals surface area contributed by atoms with Crippen molar-refractivity contribution in [2.45, 2.75) is 142 Å². The number of hydrogen-bond donors (Lipinski definition) is 5. The fourth-order valence-electron chi connectivity index (χ4n) is 6.75. The van der Waals surface area contributed by atoms with Crippen LogP contribution < -0.4 is 27.0 Å². The number of allylic oxidation sites excluding steroid dienone is 1. The Hall–Kier alpha value is -3.23. The Kier molecular flexibility index (Phi) is 20.3. The minimum Gasteiger partial charge on any atom is -0.475 e. The van der Waals surface area contributed by atoms with E-state index in [9.17, 15) is 24.0 Å². The third-order valence-electron chi connectivity index (χ3n) is 9.83. The fourth-order valence-corrected chi connectivity index (χ4v) is 6.75. The topological polar surface area (TPSA) is 184 Å². The summed E-state index contributed by atoms with van der Waals surface area (Å²) in [5.74, 6) is -2.21. The second kappa shape index (κ2) is 23.4. The van der Waals surface area contributed by atoms with Crippen LogP contribution in [0.3, 0.4) is 0 Å². The average molecular weight is 736 g/mol. The van der Waals surface area contributed by atoms with Gasteiger partial charge < -0.3 is 46.3 Å². The smallest absolute Gasteiger partial charge is 0.253 e. The van der Waals surface area contributed by atoms with Crippen LogP contribution in [0.1, 0.15) is 112 Å². The quantitative estimate of drug-likeness (QED) is 0.158. The average Bonchev–Trinajstić information content (AvgIpc) is 3.10. The molecule has 0 radical (unpaired) electrons. The molecule has 2 rings (SSSR count). The normalized spacial score (nSPS) is 26.7. The third-order valence-corrected chi connectivity index (χ3v) is 9.83. The molecule has 14 nitrogen and oxygen atoms in total. The first-order chi connectivity index (χ1) is 24.7. The number of amides is 5. The molecule has 5 atom stereocenters. The molecule has 0 bridgehead atoms. The van der Waals surface area contributed by atoms with Gasteiger partial charge in [0.1, 0.15) is 29.9 Å². The van der Waals surface area contributed by atoms with Gasteiger partial charge in [-0.25, -0.2) is 0 Å². The molecule has 1 saturated carbocycles. The molecule has 1 aliphatic heterocycles. The van der Waals surface area contributed by atoms with E-state index in [1.807, 2.05) is 32.8 Å². The molecule has 4 unspecified atom stereocenters. The Morgan fingerprint density at radius 2 is 1.54 bits per heavy atom. The maximum absolute atomic E-state index is 14.2. The van der Waals surface area contributed by atoms with Crippen LogP contribution in [0.15, 0.2) is 11.3 Å². The number of nitrogens with zero attached hydrogens (tertiary/aromatic N) is 2. The van der Waals surface area contributed by atoms with Crippen LogP contribution in [0.5, 0.6) is 0 Å². The van der Waals surface area contributed by atoms with Crippen molar-refractivity contribution in [3.05, 3.63) is 11.3 Å². The standard InChI is InChI=1S/C38H69N7O7/c1-9-10-11-15-19-32-26(4)38(50)45(8)31(22-25(2)3)36(48)43-33(28-17-13-12-14-18-28)37(49)41-29(23-39)34(46)42-30(35(47)40-27(5)52-32)24-51-21-16-20-44(6)7/h25,27-31,33H,9-24,39H2,1-8H3,(H,40,47)(H,41,49)(H,42,46)(H,43,48)/b32-26-/t27-,29?,30?,31?,33?/m0/s1. The summed E-state index contributed by atoms with van der Waals surface area (Å²) in [4.78, 5) is 73.1. The summed E-state index contributed by atoms with van der Waals surface area (Å²) in [6, 6.07) is -4.12. The highest BCUT2D eigenvalue weighted by Gasteiger charge is 2.38. The highest BCUT2D eigenvalue weighted by atomic mass is 16.5. The largest absolute Gasteiger partial charge is 0.475 e. The summed E-state index contributed by atoms with van der Waals surface area (Å²) in [6.07, 6.45) is 8.76. The lowest BCUT2D eigenvalue weighted by Crippen LogP contribution is -2.62. The summed E-state index contributed by atoms with van der Waals surface area (Å²) >= 11 is 0. The molecule has 1 heterocycles. The zero-order valence-electron chi connectivity index (χ0n) is 33.2. The van der Waals surface area contributed by atoms with E-state index >= 15 is 0 Å². The number of hydrogen-bond acceptors (Lipinski definition) is 9. The van der Waals surface area contributed by atoms with Crippen LogP contribution in [0, 0.1) is 11.8 Å². The van der Waals surface area contributed by atoms with Gasteiger partial charge in [-0.3, -0.25) is 24.0 Å². The highest BCUT2D eigenvalue weighted by Crippen LogP contribution is 2.28. The number of rotatable bonds is 15. The molecule has 1 fully saturated rings. The molecule has 5 amide bonds. The number of unbranched alkanes of at least 4 members (excludes halogenated alkanes) is 3. The summed E-state index contributed by atoms with van der Waals surface area (Å²) in [7, 11) is 5.51. The lowest BCUT2D eigenvalue weighted by atomic mass is 9.83. The van der Waals surface area contributed by atoms with Gasteiger partial charge in [-0.15, -0.1) is 0 Å². The minimum atomic E-state index is -1.18. The molecule has 14 heteroatoms. The number of likely N-dealkylation sites (N-methyl/N-ethyl adjacent to an activating group) is 1. The van der Waals surface area contributed by atoms with Gasteiger partial charge in [-0.05, 0) is 78.4 Å². The molecule has 0 aromatic rings. The van der Waals surface area contributed by atoms with Crippen molar-refractivity contribution in [1.29, 1.82) is 0 Å². The van der Waals surface area contributed by atoms with Crippen molar-refractivity contribution in [2.24, 2.45) is 17.6 Å². The number of carbonyl (C=O) groups is 5. The van der Waals surface area contributed by atoms with Gasteiger partial charge in [0.2, 0.25) is 23.6 Å². The Morgan fingerprint density at radius 3 is 2.15 bits per heavy atom. The van der Waals surface area contributed by atoms with Crippen molar-refractivity contribution in [3.63, 3.8) is 0 Å². The molecule has 0 spiro atoms. The summed E-state index contributed by atoms with van der Waals surface area (Å²) in [6.45, 7) is 10.2. The van der Waals surface area contributed by atoms with Crippen molar-refractivity contribution in [1.82, 2.24) is 31.1 Å². The van der Waals surface area contributed by atoms with Crippen LogP contribution in [-0.2, 0) is 33.4 Å². The second-order valence-corrected chi connectivity index (χ2v) is 15.2. The Balaban J connectivity index is 2.59. The predicted molar refractivity (Wildman–Crippen MR) is 202 cm³/mol. The van der Waals surface area contributed by atoms with Gasteiger partial charge in [0.15, 0.2) is 6.23 Å². The van der Waals surface area contributed by atoms with Gasteiger partial charge in [0.05, 0.1) is 12.2 Å². The monoisotopic (exact) mass is 736 g/mol. The van der Waals surface area contributed by atoms with E-state index in [4.69, 9.17) is 15.2 Å². The highest BCUT2D eigenvalue weighted by molar-refractivity contribution is 5.98. The fraction of sp³-hybridized carbons (Fsp3) is 0.816. The zero-order chi connectivity index (χ0) is 38.8. The van der Waals surface area contributed by atoms with Crippen LogP contribution in [0.4, 0.5) is 0 Å². The first-order valence-electron chi connectivity index (χ1n) is 19.5. The van der Waals surface area contributed by atoms with Crippen LogP contribution in [0.2, 0.25) is 0 Å². The summed E-state index contributed by atoms with van der Waals surface area (Å²) < 4.78 is 12.1. The Labute approximate surface area is 312 Å². The maximum atomic E-state index is 14.2. The number of carbonyl (C=O) groups excluding carboxylic acids is 5. The first kappa shape index (κ1) is 44.9. The molecule has 1 aliphatic carbocycles. The number of nitrogens with one attached hydrogen (secondary N) is 4. The van der Waals surface area contributed by atoms with Crippen molar-refractivity contribution in [2.75, 3.05) is 47.4 Å². The first-order valence-corrected chi connectivity index (χ1v) is 19.5. The molecule has 52 heavy (non-hydrogen) atoms. The Morgan fingerprint density at radius 1 is 0.885 bits per heavy atom. The van der Waals surface area contributed by atoms with Crippen molar-refractivity contribution < 1.29 is 33.4 Å². The van der Waals surface area contributed by atoms with E-state index in [-0.39, 0.29) is 30.9 Å². The molecule has 0 aromatic heterocycles. The van der Waals surface area contributed by atoms with Crippen molar-refractivity contribution in [3.8, 4) is 0 Å². The third kappa shape index (κ3) is 15.0. The van der Waals surface area contributed by atoms with Crippen LogP contribution >= 0.6 is 0 Å². The Bertz CT molecular complexity index is 1190. The maximum Gasteiger partial charge on any atom is 0.253 e. The molecule has 2 aliphatic rings. The number of ether oxygens (including phenoxy) is 2. The van der Waals surface area contributed by atoms with E-state index in [1.165, 1.54) is 4.90 Å². The van der Waals surface area contributed by atoms with E-state index in [1.54, 1.807) is 20.9 Å². The summed E-state index contributed by atoms with van der Waals surface area (Å²) in [5.41, 5.74) is 6.36. The SMILES string of the molecule is CCCCCC/C1=C(\C)C(=O)N(C)C(CC(C)C)C(=O)NC(C2CCCCC2)C(=O)NC(CN)C(=O)NC(COCCCN(C)C)C(=O)N[C@H](C)O1. The molecular weight excluding hydrogens is 666 g/mol. The van der Waals surface area contributed by atoms with Gasteiger partial charge in [0, 0.05) is 26.6 Å². The lowest BCUT2D eigenvalue weighted by molar-refractivity contribution is -0.140. The van der Waals surface area contributed by atoms with Gasteiger partial charge in [0.25, 0.3) is 5.91 Å². The summed E-state index contributed by atoms with van der Waals surface area (Å²) in [5, 5.41) is 11.3. The van der Waals surface area contributed by atoms with E-state index < -0.39 is 54.0 Å². The van der Waals surface area contributed by atoms with E-state index in [2.05, 4.69) is 28.2 Å².